The van der Waals surface area contributed by atoms with Crippen molar-refractivity contribution in [2.24, 2.45) is 5.92 Å². The Bertz CT molecular complexity index is 848. The summed E-state index contributed by atoms with van der Waals surface area (Å²) >= 11 is 0. The Morgan fingerprint density at radius 2 is 1.92 bits per heavy atom. The molecule has 1 heterocycles. The van der Waals surface area contributed by atoms with Crippen LogP contribution in [0.25, 0.3) is 0 Å². The van der Waals surface area contributed by atoms with Gasteiger partial charge in [-0.05, 0) is 30.2 Å². The average Bonchev–Trinajstić information content (AvgIpc) is 2.98. The summed E-state index contributed by atoms with van der Waals surface area (Å²) in [5, 5.41) is 11.9. The highest BCUT2D eigenvalue weighted by Gasteiger charge is 2.34. The number of carbonyl (C=O) groups is 3. The fourth-order valence-electron chi connectivity index (χ4n) is 3.08. The number of anilines is 1. The van der Waals surface area contributed by atoms with E-state index in [1.165, 1.54) is 6.07 Å². The summed E-state index contributed by atoms with van der Waals surface area (Å²) in [4.78, 5) is 37.6. The van der Waals surface area contributed by atoms with E-state index < -0.39 is 11.9 Å². The number of amides is 2. The third-order valence-corrected chi connectivity index (χ3v) is 4.54. The molecule has 3 rings (SSSR count). The van der Waals surface area contributed by atoms with Crippen molar-refractivity contribution in [1.82, 2.24) is 4.90 Å². The standard InChI is InChI=1S/C20H20N2O4/c1-13-7-8-16(10-17(13)20(25)26)21-19(24)15-9-18(23)22(12-15)11-14-5-3-2-4-6-14/h2-8,10,15H,9,11-12H2,1H3,(H,21,24)(H,25,26). The van der Waals surface area contributed by atoms with Crippen LogP contribution in [-0.4, -0.2) is 34.3 Å². The first kappa shape index (κ1) is 17.7. The van der Waals surface area contributed by atoms with Gasteiger partial charge in [0.2, 0.25) is 11.8 Å². The molecule has 26 heavy (non-hydrogen) atoms. The van der Waals surface area contributed by atoms with Gasteiger partial charge in [-0.15, -0.1) is 0 Å². The van der Waals surface area contributed by atoms with E-state index in [0.29, 0.717) is 24.3 Å². The summed E-state index contributed by atoms with van der Waals surface area (Å²) in [5.41, 5.74) is 2.22. The van der Waals surface area contributed by atoms with Crippen LogP contribution in [0.3, 0.4) is 0 Å². The Kier molecular flexibility index (Phi) is 5.02. The van der Waals surface area contributed by atoms with Crippen LogP contribution < -0.4 is 5.32 Å². The topological polar surface area (TPSA) is 86.7 Å². The van der Waals surface area contributed by atoms with E-state index in [4.69, 9.17) is 0 Å². The normalized spacial score (nSPS) is 16.6. The van der Waals surface area contributed by atoms with Gasteiger partial charge in [0.25, 0.3) is 0 Å². The molecule has 1 aliphatic heterocycles. The number of hydrogen-bond donors (Lipinski definition) is 2. The monoisotopic (exact) mass is 352 g/mol. The van der Waals surface area contributed by atoms with Crippen molar-refractivity contribution in [1.29, 1.82) is 0 Å². The maximum atomic E-state index is 12.5. The second-order valence-electron chi connectivity index (χ2n) is 6.49. The molecule has 6 nitrogen and oxygen atoms in total. The molecule has 0 saturated carbocycles. The van der Waals surface area contributed by atoms with Crippen molar-refractivity contribution >= 4 is 23.5 Å². The van der Waals surface area contributed by atoms with Crippen molar-refractivity contribution in [3.05, 3.63) is 65.2 Å². The van der Waals surface area contributed by atoms with E-state index in [9.17, 15) is 19.5 Å². The van der Waals surface area contributed by atoms with Crippen LogP contribution in [0.1, 0.15) is 27.9 Å². The first-order valence-electron chi connectivity index (χ1n) is 8.40. The number of benzene rings is 2. The molecule has 2 aromatic rings. The van der Waals surface area contributed by atoms with Crippen LogP contribution >= 0.6 is 0 Å². The molecule has 134 valence electrons. The number of carboxylic acid groups (broad SMARTS) is 1. The van der Waals surface area contributed by atoms with E-state index >= 15 is 0 Å². The Morgan fingerprint density at radius 1 is 1.19 bits per heavy atom. The average molecular weight is 352 g/mol. The molecule has 1 fully saturated rings. The third-order valence-electron chi connectivity index (χ3n) is 4.54. The molecular formula is C20H20N2O4. The molecule has 2 aromatic carbocycles. The van der Waals surface area contributed by atoms with Crippen molar-refractivity contribution in [3.8, 4) is 0 Å². The number of hydrogen-bond acceptors (Lipinski definition) is 3. The van der Waals surface area contributed by atoms with Crippen molar-refractivity contribution in [3.63, 3.8) is 0 Å². The van der Waals surface area contributed by atoms with Gasteiger partial charge in [-0.25, -0.2) is 4.79 Å². The SMILES string of the molecule is Cc1ccc(NC(=O)C2CC(=O)N(Cc3ccccc3)C2)cc1C(=O)O. The van der Waals surface area contributed by atoms with Crippen LogP contribution in [0.4, 0.5) is 5.69 Å². The summed E-state index contributed by atoms with van der Waals surface area (Å²) in [6.45, 7) is 2.54. The van der Waals surface area contributed by atoms with E-state index in [1.54, 1.807) is 24.0 Å². The largest absolute Gasteiger partial charge is 0.478 e. The summed E-state index contributed by atoms with van der Waals surface area (Å²) < 4.78 is 0. The second-order valence-corrected chi connectivity index (χ2v) is 6.49. The maximum absolute atomic E-state index is 12.5. The van der Waals surface area contributed by atoms with Gasteiger partial charge in [0.1, 0.15) is 0 Å². The van der Waals surface area contributed by atoms with Gasteiger partial charge in [0.15, 0.2) is 0 Å². The van der Waals surface area contributed by atoms with Crippen molar-refractivity contribution < 1.29 is 19.5 Å². The molecule has 1 unspecified atom stereocenters. The summed E-state index contributed by atoms with van der Waals surface area (Å²) in [6.07, 6.45) is 0.163. The molecule has 0 radical (unpaired) electrons. The zero-order valence-corrected chi connectivity index (χ0v) is 14.4. The molecule has 1 saturated heterocycles. The van der Waals surface area contributed by atoms with Crippen LogP contribution in [0.15, 0.2) is 48.5 Å². The third kappa shape index (κ3) is 3.91. The Labute approximate surface area is 151 Å². The maximum Gasteiger partial charge on any atom is 0.336 e. The smallest absolute Gasteiger partial charge is 0.336 e. The highest BCUT2D eigenvalue weighted by molar-refractivity contribution is 5.98. The number of likely N-dealkylation sites (tertiary alicyclic amines) is 1. The minimum absolute atomic E-state index is 0.0517. The molecule has 2 amide bonds. The molecule has 1 aliphatic rings. The molecular weight excluding hydrogens is 332 g/mol. The number of aryl methyl sites for hydroxylation is 1. The number of carbonyl (C=O) groups excluding carboxylic acids is 2. The Morgan fingerprint density at radius 3 is 2.62 bits per heavy atom. The second kappa shape index (κ2) is 7.39. The first-order valence-corrected chi connectivity index (χ1v) is 8.40. The lowest BCUT2D eigenvalue weighted by molar-refractivity contribution is -0.128. The van der Waals surface area contributed by atoms with E-state index in [0.717, 1.165) is 5.56 Å². The van der Waals surface area contributed by atoms with Crippen LogP contribution in [0, 0.1) is 12.8 Å². The first-order chi connectivity index (χ1) is 12.4. The van der Waals surface area contributed by atoms with Crippen LogP contribution in [-0.2, 0) is 16.1 Å². The van der Waals surface area contributed by atoms with Gasteiger partial charge in [0.05, 0.1) is 11.5 Å². The van der Waals surface area contributed by atoms with Gasteiger partial charge in [-0.2, -0.15) is 0 Å². The predicted molar refractivity (Wildman–Crippen MR) is 96.7 cm³/mol. The molecule has 6 heteroatoms. The summed E-state index contributed by atoms with van der Waals surface area (Å²) in [5.74, 6) is -1.80. The number of nitrogens with one attached hydrogen (secondary N) is 1. The molecule has 0 spiro atoms. The molecule has 0 bridgehead atoms. The lowest BCUT2D eigenvalue weighted by Crippen LogP contribution is -2.28. The van der Waals surface area contributed by atoms with Gasteiger partial charge in [-0.1, -0.05) is 36.4 Å². The van der Waals surface area contributed by atoms with E-state index in [-0.39, 0.29) is 23.8 Å². The molecule has 0 aromatic heterocycles. The number of rotatable bonds is 5. The number of aromatic carboxylic acids is 1. The zero-order valence-electron chi connectivity index (χ0n) is 14.4. The zero-order chi connectivity index (χ0) is 18.7. The predicted octanol–water partition coefficient (Wildman–Crippen LogP) is 2.68. The molecule has 0 aliphatic carbocycles. The summed E-state index contributed by atoms with van der Waals surface area (Å²) in [7, 11) is 0. The van der Waals surface area contributed by atoms with Gasteiger partial charge < -0.3 is 15.3 Å². The molecule has 1 atom stereocenters. The van der Waals surface area contributed by atoms with Crippen molar-refractivity contribution in [2.75, 3.05) is 11.9 Å². The van der Waals surface area contributed by atoms with Crippen LogP contribution in [0.2, 0.25) is 0 Å². The van der Waals surface area contributed by atoms with Crippen molar-refractivity contribution in [2.45, 2.75) is 19.9 Å². The van der Waals surface area contributed by atoms with Gasteiger partial charge >= 0.3 is 5.97 Å². The fourth-order valence-corrected chi connectivity index (χ4v) is 3.08. The lowest BCUT2D eigenvalue weighted by atomic mass is 10.1. The lowest BCUT2D eigenvalue weighted by Gasteiger charge is -2.17. The highest BCUT2D eigenvalue weighted by atomic mass is 16.4. The molecule has 2 N–H and O–H groups in total. The van der Waals surface area contributed by atoms with Crippen LogP contribution in [0.5, 0.6) is 0 Å². The number of carboxylic acids is 1. The highest BCUT2D eigenvalue weighted by Crippen LogP contribution is 2.23. The van der Waals surface area contributed by atoms with Gasteiger partial charge in [0, 0.05) is 25.2 Å². The Hall–Kier alpha value is -3.15. The minimum Gasteiger partial charge on any atom is -0.478 e. The fraction of sp³-hybridized carbons (Fsp3) is 0.250. The Balaban J connectivity index is 1.65. The van der Waals surface area contributed by atoms with E-state index in [2.05, 4.69) is 5.32 Å². The van der Waals surface area contributed by atoms with E-state index in [1.807, 2.05) is 30.3 Å². The minimum atomic E-state index is -1.04. The van der Waals surface area contributed by atoms with Gasteiger partial charge in [-0.3, -0.25) is 9.59 Å². The summed E-state index contributed by atoms with van der Waals surface area (Å²) in [6, 6.07) is 14.4. The number of nitrogens with zero attached hydrogens (tertiary/aromatic N) is 1. The quantitative estimate of drug-likeness (QED) is 0.866.